The molecule has 0 spiro atoms. The quantitative estimate of drug-likeness (QED) is 0.166. The number of nitrogens with one attached hydrogen (secondary N) is 3. The molecule has 0 aliphatic rings. The number of nitrogens with zero attached hydrogens (tertiary/aromatic N) is 1. The molecular weight excluding hydrogens is 578 g/mol. The fraction of sp³-hybridized carbons (Fsp3) is 0.568. The van der Waals surface area contributed by atoms with E-state index in [9.17, 15) is 19.2 Å². The first-order valence-electron chi connectivity index (χ1n) is 17.0. The number of benzene rings is 2. The standard InChI is InChI=1S/C37H57N5O4/c1-8-20-42(21-9-2)37(46)30-17-13-16-29(23-30)35(44)40-32(19-18-25(3)4)31(38)22-27(7)34(43)41-33(26(5)6)36(45)39-24-28-14-11-10-12-15-28/h10-17,23,25-27,31-33H,8-9,18-22,24,38H2,1-7H3,(H,39,45)(H,40,44)(H,41,43)/t27-,31+,32+,33+/m1/s1. The molecule has 2 aromatic rings. The lowest BCUT2D eigenvalue weighted by molar-refractivity contribution is -0.132. The third-order valence-corrected chi connectivity index (χ3v) is 8.16. The van der Waals surface area contributed by atoms with Gasteiger partial charge in [-0.05, 0) is 67.7 Å². The lowest BCUT2D eigenvalue weighted by Gasteiger charge is -2.29. The van der Waals surface area contributed by atoms with Crippen molar-refractivity contribution < 1.29 is 19.2 Å². The number of hydrogen-bond acceptors (Lipinski definition) is 5. The summed E-state index contributed by atoms with van der Waals surface area (Å²) in [6.07, 6.45) is 3.54. The Balaban J connectivity index is 2.09. The van der Waals surface area contributed by atoms with Crippen LogP contribution in [0.15, 0.2) is 54.6 Å². The summed E-state index contributed by atoms with van der Waals surface area (Å²) in [6.45, 7) is 15.6. The molecule has 0 aliphatic carbocycles. The van der Waals surface area contributed by atoms with Crippen LogP contribution in [0.2, 0.25) is 0 Å². The van der Waals surface area contributed by atoms with Crippen LogP contribution < -0.4 is 21.7 Å². The maximum absolute atomic E-state index is 13.5. The van der Waals surface area contributed by atoms with Crippen molar-refractivity contribution in [2.45, 2.75) is 105 Å². The minimum Gasteiger partial charge on any atom is -0.350 e. The van der Waals surface area contributed by atoms with Gasteiger partial charge in [-0.25, -0.2) is 0 Å². The van der Waals surface area contributed by atoms with E-state index < -0.39 is 18.0 Å². The van der Waals surface area contributed by atoms with Crippen LogP contribution in [-0.4, -0.2) is 59.7 Å². The van der Waals surface area contributed by atoms with Gasteiger partial charge in [0.05, 0.1) is 0 Å². The van der Waals surface area contributed by atoms with Gasteiger partial charge in [-0.15, -0.1) is 0 Å². The number of rotatable bonds is 19. The first-order chi connectivity index (χ1) is 21.9. The monoisotopic (exact) mass is 635 g/mol. The Morgan fingerprint density at radius 2 is 1.41 bits per heavy atom. The van der Waals surface area contributed by atoms with Gasteiger partial charge in [0.25, 0.3) is 11.8 Å². The smallest absolute Gasteiger partial charge is 0.253 e. The second kappa shape index (κ2) is 19.7. The molecule has 0 radical (unpaired) electrons. The minimum atomic E-state index is -0.688. The van der Waals surface area contributed by atoms with Crippen LogP contribution >= 0.6 is 0 Å². The second-order valence-corrected chi connectivity index (χ2v) is 13.2. The average Bonchev–Trinajstić information content (AvgIpc) is 3.03. The highest BCUT2D eigenvalue weighted by atomic mass is 16.2. The van der Waals surface area contributed by atoms with Crippen molar-refractivity contribution in [3.8, 4) is 0 Å². The largest absolute Gasteiger partial charge is 0.350 e. The van der Waals surface area contributed by atoms with Crippen LogP contribution in [0.5, 0.6) is 0 Å². The zero-order valence-corrected chi connectivity index (χ0v) is 29.0. The molecule has 9 heteroatoms. The number of carbonyl (C=O) groups is 4. The van der Waals surface area contributed by atoms with Gasteiger partial charge in [-0.3, -0.25) is 19.2 Å². The molecule has 46 heavy (non-hydrogen) atoms. The summed E-state index contributed by atoms with van der Waals surface area (Å²) in [5, 5.41) is 8.96. The van der Waals surface area contributed by atoms with Crippen molar-refractivity contribution in [1.82, 2.24) is 20.9 Å². The molecular formula is C37H57N5O4. The summed E-state index contributed by atoms with van der Waals surface area (Å²) in [6, 6.07) is 14.9. The molecule has 254 valence electrons. The Bertz CT molecular complexity index is 1240. The summed E-state index contributed by atoms with van der Waals surface area (Å²) in [5.41, 5.74) is 8.54. The molecule has 9 nitrogen and oxygen atoms in total. The highest BCUT2D eigenvalue weighted by Gasteiger charge is 2.29. The lowest BCUT2D eigenvalue weighted by Crippen LogP contribution is -2.52. The molecule has 0 heterocycles. The molecule has 4 amide bonds. The van der Waals surface area contributed by atoms with Gasteiger partial charge < -0.3 is 26.6 Å². The first-order valence-corrected chi connectivity index (χ1v) is 17.0. The number of hydrogen-bond donors (Lipinski definition) is 4. The normalized spacial score (nSPS) is 13.9. The van der Waals surface area contributed by atoms with Crippen molar-refractivity contribution in [2.75, 3.05) is 13.1 Å². The highest BCUT2D eigenvalue weighted by Crippen LogP contribution is 2.17. The zero-order valence-electron chi connectivity index (χ0n) is 29.0. The number of nitrogens with two attached hydrogens (primary N) is 1. The molecule has 0 saturated heterocycles. The van der Waals surface area contributed by atoms with E-state index in [4.69, 9.17) is 5.73 Å². The van der Waals surface area contributed by atoms with Crippen LogP contribution in [-0.2, 0) is 16.1 Å². The number of amides is 4. The Labute approximate surface area is 276 Å². The Morgan fingerprint density at radius 1 is 0.783 bits per heavy atom. The minimum absolute atomic E-state index is 0.0836. The predicted molar refractivity (Wildman–Crippen MR) is 185 cm³/mol. The third-order valence-electron chi connectivity index (χ3n) is 8.16. The third kappa shape index (κ3) is 12.6. The molecule has 0 saturated carbocycles. The second-order valence-electron chi connectivity index (χ2n) is 13.2. The van der Waals surface area contributed by atoms with E-state index in [0.29, 0.717) is 49.5 Å². The van der Waals surface area contributed by atoms with Crippen LogP contribution in [0.3, 0.4) is 0 Å². The van der Waals surface area contributed by atoms with Crippen LogP contribution in [0.4, 0.5) is 0 Å². The van der Waals surface area contributed by atoms with Gasteiger partial charge in [0.15, 0.2) is 0 Å². The molecule has 2 aromatic carbocycles. The molecule has 4 atom stereocenters. The van der Waals surface area contributed by atoms with E-state index in [1.807, 2.05) is 62.9 Å². The van der Waals surface area contributed by atoms with Gasteiger partial charge in [0.2, 0.25) is 11.8 Å². The van der Waals surface area contributed by atoms with Gasteiger partial charge >= 0.3 is 0 Å². The summed E-state index contributed by atoms with van der Waals surface area (Å²) in [4.78, 5) is 54.7. The molecule has 0 aromatic heterocycles. The van der Waals surface area contributed by atoms with E-state index >= 15 is 0 Å². The SMILES string of the molecule is CCCN(CCC)C(=O)c1cccc(C(=O)N[C@@H](CCC(C)C)[C@@H](N)C[C@@H](C)C(=O)N[C@H](C(=O)NCc2ccccc2)C(C)C)c1. The first kappa shape index (κ1) is 38.5. The highest BCUT2D eigenvalue weighted by molar-refractivity contribution is 5.99. The lowest BCUT2D eigenvalue weighted by atomic mass is 9.91. The topological polar surface area (TPSA) is 134 Å². The van der Waals surface area contributed by atoms with Crippen LogP contribution in [0.25, 0.3) is 0 Å². The molecule has 5 N–H and O–H groups in total. The van der Waals surface area contributed by atoms with Gasteiger partial charge in [0, 0.05) is 48.8 Å². The zero-order chi connectivity index (χ0) is 34.2. The van der Waals surface area contributed by atoms with Crippen molar-refractivity contribution in [2.24, 2.45) is 23.5 Å². The molecule has 0 unspecified atom stereocenters. The van der Waals surface area contributed by atoms with Crippen molar-refractivity contribution >= 4 is 23.6 Å². The predicted octanol–water partition coefficient (Wildman–Crippen LogP) is 5.29. The average molecular weight is 636 g/mol. The van der Waals surface area contributed by atoms with Crippen LogP contribution in [0.1, 0.15) is 107 Å². The fourth-order valence-electron chi connectivity index (χ4n) is 5.39. The molecule has 0 aliphatic heterocycles. The summed E-state index contributed by atoms with van der Waals surface area (Å²) in [5.74, 6) is -1.08. The van der Waals surface area contributed by atoms with Crippen molar-refractivity contribution in [3.05, 3.63) is 71.3 Å². The van der Waals surface area contributed by atoms with Crippen LogP contribution in [0, 0.1) is 17.8 Å². The van der Waals surface area contributed by atoms with Gasteiger partial charge in [0.1, 0.15) is 6.04 Å². The van der Waals surface area contributed by atoms with Gasteiger partial charge in [-0.1, -0.05) is 84.9 Å². The fourth-order valence-corrected chi connectivity index (χ4v) is 5.39. The van der Waals surface area contributed by atoms with E-state index in [0.717, 1.165) is 24.8 Å². The molecule has 2 rings (SSSR count). The van der Waals surface area contributed by atoms with E-state index in [-0.39, 0.29) is 35.6 Å². The van der Waals surface area contributed by atoms with E-state index in [1.54, 1.807) is 31.2 Å². The Morgan fingerprint density at radius 3 is 2.00 bits per heavy atom. The van der Waals surface area contributed by atoms with E-state index in [2.05, 4.69) is 29.8 Å². The van der Waals surface area contributed by atoms with Gasteiger partial charge in [-0.2, -0.15) is 0 Å². The Hall–Kier alpha value is -3.72. The maximum atomic E-state index is 13.5. The summed E-state index contributed by atoms with van der Waals surface area (Å²) in [7, 11) is 0. The molecule has 0 bridgehead atoms. The summed E-state index contributed by atoms with van der Waals surface area (Å²) < 4.78 is 0. The van der Waals surface area contributed by atoms with E-state index in [1.165, 1.54) is 0 Å². The summed E-state index contributed by atoms with van der Waals surface area (Å²) >= 11 is 0. The Kier molecular flexibility index (Phi) is 16.5. The van der Waals surface area contributed by atoms with Crippen molar-refractivity contribution in [3.63, 3.8) is 0 Å². The maximum Gasteiger partial charge on any atom is 0.253 e. The molecule has 0 fully saturated rings. The number of carbonyl (C=O) groups excluding carboxylic acids is 4. The van der Waals surface area contributed by atoms with Crippen molar-refractivity contribution in [1.29, 1.82) is 0 Å².